The third-order valence-corrected chi connectivity index (χ3v) is 5.07. The first-order chi connectivity index (χ1) is 10.3. The van der Waals surface area contributed by atoms with Crippen LogP contribution in [-0.2, 0) is 11.4 Å². The van der Waals surface area contributed by atoms with Crippen molar-refractivity contribution in [3.63, 3.8) is 0 Å². The highest BCUT2D eigenvalue weighted by Gasteiger charge is 2.14. The number of nitrogens with one attached hydrogen (secondary N) is 1. The molecule has 2 aromatic carbocycles. The van der Waals surface area contributed by atoms with Crippen LogP contribution in [0.1, 0.15) is 29.0 Å². The van der Waals surface area contributed by atoms with E-state index >= 15 is 0 Å². The first-order valence-electron chi connectivity index (χ1n) is 7.15. The molecule has 21 heavy (non-hydrogen) atoms. The van der Waals surface area contributed by atoms with E-state index in [0.717, 1.165) is 0 Å². The molecule has 0 spiro atoms. The summed E-state index contributed by atoms with van der Waals surface area (Å²) in [5.74, 6) is 0. The maximum absolute atomic E-state index is 5.64. The molecule has 0 saturated carbocycles. The van der Waals surface area contributed by atoms with Gasteiger partial charge in [-0.2, -0.15) is 5.48 Å². The van der Waals surface area contributed by atoms with Crippen LogP contribution < -0.4 is 5.48 Å². The number of hydroxylamine groups is 1. The van der Waals surface area contributed by atoms with Crippen LogP contribution in [0.25, 0.3) is 10.1 Å². The Morgan fingerprint density at radius 2 is 1.76 bits per heavy atom. The molecule has 3 heteroatoms. The third-order valence-electron chi connectivity index (χ3n) is 3.62. The van der Waals surface area contributed by atoms with Crippen LogP contribution in [0.4, 0.5) is 0 Å². The van der Waals surface area contributed by atoms with E-state index < -0.39 is 0 Å². The second-order valence-corrected chi connectivity index (χ2v) is 6.29. The lowest BCUT2D eigenvalue weighted by Crippen LogP contribution is -2.18. The van der Waals surface area contributed by atoms with Crippen molar-refractivity contribution in [1.29, 1.82) is 0 Å². The van der Waals surface area contributed by atoms with Gasteiger partial charge in [-0.1, -0.05) is 48.5 Å². The summed E-state index contributed by atoms with van der Waals surface area (Å²) in [6.45, 7) is 4.90. The quantitative estimate of drug-likeness (QED) is 0.670. The summed E-state index contributed by atoms with van der Waals surface area (Å²) in [6.07, 6.45) is 0. The molecule has 0 aliphatic heterocycles. The van der Waals surface area contributed by atoms with Gasteiger partial charge in [-0.25, -0.2) is 0 Å². The fourth-order valence-corrected chi connectivity index (χ4v) is 3.69. The zero-order valence-electron chi connectivity index (χ0n) is 12.3. The number of hydrogen-bond acceptors (Lipinski definition) is 3. The molecular weight excluding hydrogens is 278 g/mol. The van der Waals surface area contributed by atoms with Gasteiger partial charge in [0, 0.05) is 9.58 Å². The number of thiophene rings is 1. The molecular formula is C18H19NOS. The van der Waals surface area contributed by atoms with Crippen LogP contribution in [0, 0.1) is 6.92 Å². The van der Waals surface area contributed by atoms with Crippen molar-refractivity contribution in [2.45, 2.75) is 26.5 Å². The van der Waals surface area contributed by atoms with E-state index in [9.17, 15) is 0 Å². The Morgan fingerprint density at radius 3 is 2.52 bits per heavy atom. The molecule has 0 amide bonds. The van der Waals surface area contributed by atoms with Crippen LogP contribution in [0.15, 0.2) is 54.6 Å². The summed E-state index contributed by atoms with van der Waals surface area (Å²) in [5.41, 5.74) is 5.68. The highest BCUT2D eigenvalue weighted by Crippen LogP contribution is 2.34. The van der Waals surface area contributed by atoms with Gasteiger partial charge in [0.2, 0.25) is 0 Å². The maximum atomic E-state index is 5.64. The first-order valence-corrected chi connectivity index (χ1v) is 7.96. The van der Waals surface area contributed by atoms with Crippen molar-refractivity contribution in [3.05, 3.63) is 70.6 Å². The Hall–Kier alpha value is -1.68. The standard InChI is InChI=1S/C18H19NOS/c1-13-16-10-6-7-11-17(16)21-18(13)14(2)19-20-12-15-8-4-3-5-9-15/h3-11,14,19H,12H2,1-2H3. The number of hydrogen-bond donors (Lipinski definition) is 1. The van der Waals surface area contributed by atoms with Crippen molar-refractivity contribution in [3.8, 4) is 0 Å². The normalized spacial score (nSPS) is 12.7. The van der Waals surface area contributed by atoms with E-state index in [1.807, 2.05) is 29.5 Å². The fourth-order valence-electron chi connectivity index (χ4n) is 2.48. The van der Waals surface area contributed by atoms with Gasteiger partial charge in [-0.15, -0.1) is 11.3 Å². The summed E-state index contributed by atoms with van der Waals surface area (Å²) in [5, 5.41) is 1.34. The van der Waals surface area contributed by atoms with Crippen molar-refractivity contribution < 1.29 is 4.84 Å². The van der Waals surface area contributed by atoms with Crippen LogP contribution >= 0.6 is 11.3 Å². The molecule has 0 saturated heterocycles. The summed E-state index contributed by atoms with van der Waals surface area (Å²) in [7, 11) is 0. The van der Waals surface area contributed by atoms with E-state index in [4.69, 9.17) is 4.84 Å². The van der Waals surface area contributed by atoms with Gasteiger partial charge in [-0.05, 0) is 36.4 Å². The molecule has 108 valence electrons. The minimum absolute atomic E-state index is 0.186. The molecule has 0 fully saturated rings. The largest absolute Gasteiger partial charge is 0.296 e. The lowest BCUT2D eigenvalue weighted by molar-refractivity contribution is 0.00762. The Bertz CT molecular complexity index is 720. The van der Waals surface area contributed by atoms with Crippen LogP contribution in [-0.4, -0.2) is 0 Å². The predicted octanol–water partition coefficient (Wildman–Crippen LogP) is 4.99. The Balaban J connectivity index is 1.67. The van der Waals surface area contributed by atoms with Gasteiger partial charge in [0.15, 0.2) is 0 Å². The topological polar surface area (TPSA) is 21.3 Å². The SMILES string of the molecule is Cc1c(C(C)NOCc2ccccc2)sc2ccccc12. The lowest BCUT2D eigenvalue weighted by Gasteiger charge is -2.13. The molecule has 1 aromatic heterocycles. The molecule has 1 unspecified atom stereocenters. The highest BCUT2D eigenvalue weighted by atomic mass is 32.1. The van der Waals surface area contributed by atoms with Gasteiger partial charge >= 0.3 is 0 Å². The molecule has 3 rings (SSSR count). The van der Waals surface area contributed by atoms with Crippen LogP contribution in [0.3, 0.4) is 0 Å². The van der Waals surface area contributed by atoms with Crippen molar-refractivity contribution in [2.75, 3.05) is 0 Å². The lowest BCUT2D eigenvalue weighted by atomic mass is 10.1. The van der Waals surface area contributed by atoms with Gasteiger partial charge in [0.25, 0.3) is 0 Å². The van der Waals surface area contributed by atoms with Gasteiger partial charge in [0.1, 0.15) is 0 Å². The number of fused-ring (bicyclic) bond motifs is 1. The van der Waals surface area contributed by atoms with Crippen LogP contribution in [0.5, 0.6) is 0 Å². The fraction of sp³-hybridized carbons (Fsp3) is 0.222. The molecule has 0 aliphatic rings. The minimum atomic E-state index is 0.186. The highest BCUT2D eigenvalue weighted by molar-refractivity contribution is 7.19. The predicted molar refractivity (Wildman–Crippen MR) is 89.3 cm³/mol. The van der Waals surface area contributed by atoms with Crippen molar-refractivity contribution >= 4 is 21.4 Å². The maximum Gasteiger partial charge on any atom is 0.0933 e. The average Bonchev–Trinajstić information content (AvgIpc) is 2.86. The third kappa shape index (κ3) is 3.16. The number of rotatable bonds is 5. The minimum Gasteiger partial charge on any atom is -0.296 e. The van der Waals surface area contributed by atoms with E-state index in [2.05, 4.69) is 55.7 Å². The Labute approximate surface area is 129 Å². The van der Waals surface area contributed by atoms with E-state index in [-0.39, 0.29) is 6.04 Å². The second kappa shape index (κ2) is 6.39. The summed E-state index contributed by atoms with van der Waals surface area (Å²) in [4.78, 5) is 6.98. The Morgan fingerprint density at radius 1 is 1.05 bits per heavy atom. The van der Waals surface area contributed by atoms with E-state index in [0.29, 0.717) is 6.61 Å². The zero-order valence-corrected chi connectivity index (χ0v) is 13.1. The number of benzene rings is 2. The first kappa shape index (κ1) is 14.3. The summed E-state index contributed by atoms with van der Waals surface area (Å²) < 4.78 is 1.33. The molecule has 2 nitrogen and oxygen atoms in total. The van der Waals surface area contributed by atoms with Crippen molar-refractivity contribution in [1.82, 2.24) is 5.48 Å². The molecule has 1 heterocycles. The Kier molecular flexibility index (Phi) is 4.34. The van der Waals surface area contributed by atoms with E-state index in [1.165, 1.54) is 26.1 Å². The summed E-state index contributed by atoms with van der Waals surface area (Å²) >= 11 is 1.84. The molecule has 1 atom stereocenters. The van der Waals surface area contributed by atoms with Crippen molar-refractivity contribution in [2.24, 2.45) is 0 Å². The molecule has 3 aromatic rings. The monoisotopic (exact) mass is 297 g/mol. The average molecular weight is 297 g/mol. The molecule has 0 bridgehead atoms. The molecule has 1 N–H and O–H groups in total. The van der Waals surface area contributed by atoms with Gasteiger partial charge < -0.3 is 0 Å². The second-order valence-electron chi connectivity index (χ2n) is 5.20. The smallest absolute Gasteiger partial charge is 0.0933 e. The van der Waals surface area contributed by atoms with Gasteiger partial charge in [0.05, 0.1) is 12.6 Å². The molecule has 0 radical (unpaired) electrons. The summed E-state index contributed by atoms with van der Waals surface area (Å²) in [6, 6.07) is 18.9. The zero-order chi connectivity index (χ0) is 14.7. The van der Waals surface area contributed by atoms with Gasteiger partial charge in [-0.3, -0.25) is 4.84 Å². The van der Waals surface area contributed by atoms with E-state index in [1.54, 1.807) is 0 Å². The van der Waals surface area contributed by atoms with Crippen LogP contribution in [0.2, 0.25) is 0 Å². The molecule has 0 aliphatic carbocycles. The number of aryl methyl sites for hydroxylation is 1.